The molecule has 0 bridgehead atoms. The van der Waals surface area contributed by atoms with Crippen LogP contribution in [-0.2, 0) is 20.0 Å². The summed E-state index contributed by atoms with van der Waals surface area (Å²) in [6, 6.07) is 0. The average Bonchev–Trinajstić information content (AvgIpc) is 2.55. The van der Waals surface area contributed by atoms with Gasteiger partial charge in [0.05, 0.1) is 0 Å². The van der Waals surface area contributed by atoms with Crippen molar-refractivity contribution in [2.45, 2.75) is 83.3 Å². The minimum atomic E-state index is -4.67. The first-order valence-corrected chi connectivity index (χ1v) is 10.1. The van der Waals surface area contributed by atoms with Crippen molar-refractivity contribution >= 4 is 22.3 Å². The molecule has 0 aliphatic carbocycles. The van der Waals surface area contributed by atoms with E-state index in [0.29, 0.717) is 0 Å². The van der Waals surface area contributed by atoms with Gasteiger partial charge in [-0.25, -0.2) is 9.59 Å². The first-order chi connectivity index (χ1) is 12.4. The monoisotopic (exact) mass is 440 g/mol. The fourth-order valence-electron chi connectivity index (χ4n) is 1.76. The molecule has 0 radical (unpaired) electrons. The molecule has 0 saturated carbocycles. The number of carboxylic acid groups (broad SMARTS) is 2. The van der Waals surface area contributed by atoms with Crippen molar-refractivity contribution in [1.29, 1.82) is 0 Å². The smallest absolute Gasteiger partial charge is 0.479 e. The molecule has 0 aliphatic heterocycles. The predicted molar refractivity (Wildman–Crippen MR) is 98.7 cm³/mol. The number of unbranched alkanes of at least 4 members (excludes halogenated alkanes) is 9. The number of aliphatic hydroxyl groups is 2. The topological polar surface area (TPSA) is 190 Å². The summed E-state index contributed by atoms with van der Waals surface area (Å²) in [4.78, 5) is 19.5. The van der Waals surface area contributed by atoms with E-state index in [1.165, 1.54) is 57.8 Å². The first-order valence-electron chi connectivity index (χ1n) is 8.69. The van der Waals surface area contributed by atoms with E-state index >= 15 is 0 Å². The molecule has 0 heterocycles. The Morgan fingerprint density at radius 3 is 1.25 bits per heavy atom. The molecule has 0 amide bonds. The number of rotatable bonds is 12. The van der Waals surface area contributed by atoms with Crippen LogP contribution in [0.4, 0.5) is 0 Å². The summed E-state index contributed by atoms with van der Waals surface area (Å²) < 4.78 is 31.6. The Balaban J connectivity index is -0.000000163. The number of aliphatic hydroxyl groups excluding tert-OH is 2. The van der Waals surface area contributed by atoms with E-state index < -0.39 is 34.5 Å². The van der Waals surface area contributed by atoms with Crippen LogP contribution in [-0.4, -0.2) is 62.1 Å². The fourth-order valence-corrected chi connectivity index (χ4v) is 1.76. The maximum atomic E-state index is 9.77. The summed E-state index contributed by atoms with van der Waals surface area (Å²) in [6.07, 6.45) is 9.35. The van der Waals surface area contributed by atoms with Crippen LogP contribution in [0.25, 0.3) is 0 Å². The van der Waals surface area contributed by atoms with E-state index in [0.717, 1.165) is 6.42 Å². The van der Waals surface area contributed by atoms with Crippen LogP contribution >= 0.6 is 0 Å². The molecule has 164 valence electrons. The van der Waals surface area contributed by atoms with Crippen molar-refractivity contribution < 1.29 is 77.1 Å². The minimum Gasteiger partial charge on any atom is -0.479 e. The number of hydrogen-bond donors (Lipinski definition) is 6. The van der Waals surface area contributed by atoms with Crippen LogP contribution in [0.5, 0.6) is 0 Å². The Morgan fingerprint density at radius 2 is 1.04 bits per heavy atom. The zero-order chi connectivity index (χ0) is 21.9. The van der Waals surface area contributed by atoms with Crippen LogP contribution < -0.4 is 29.6 Å². The second-order valence-electron chi connectivity index (χ2n) is 5.70. The Kier molecular flexibility index (Phi) is 28.9. The molecule has 0 spiro atoms. The number of carbonyl (C=O) groups is 2. The molecule has 12 heteroatoms. The third-order valence-corrected chi connectivity index (χ3v) is 3.16. The second-order valence-corrected chi connectivity index (χ2v) is 6.59. The molecule has 0 aromatic carbocycles. The van der Waals surface area contributed by atoms with Gasteiger partial charge >= 0.3 is 51.9 Å². The molecule has 0 aliphatic rings. The molecular formula is C16H33NaO10S. The molecule has 0 saturated heterocycles. The van der Waals surface area contributed by atoms with Crippen molar-refractivity contribution in [3.63, 3.8) is 0 Å². The Morgan fingerprint density at radius 1 is 0.786 bits per heavy atom. The molecule has 6 N–H and O–H groups in total. The van der Waals surface area contributed by atoms with Crippen LogP contribution in [0.15, 0.2) is 0 Å². The normalized spacial score (nSPS) is 12.2. The van der Waals surface area contributed by atoms with Crippen molar-refractivity contribution in [1.82, 2.24) is 0 Å². The van der Waals surface area contributed by atoms with Gasteiger partial charge < -0.3 is 27.3 Å². The van der Waals surface area contributed by atoms with Crippen LogP contribution in [0.2, 0.25) is 0 Å². The Labute approximate surface area is 189 Å². The molecule has 2 atom stereocenters. The van der Waals surface area contributed by atoms with Gasteiger partial charge in [-0.1, -0.05) is 64.7 Å². The maximum Gasteiger partial charge on any atom is 1.00 e. The van der Waals surface area contributed by atoms with E-state index in [1.54, 1.807) is 0 Å². The van der Waals surface area contributed by atoms with Crippen molar-refractivity contribution in [2.75, 3.05) is 0 Å². The number of hydrogen-bond acceptors (Lipinski definition) is 6. The summed E-state index contributed by atoms with van der Waals surface area (Å²) in [5.41, 5.74) is 0. The zero-order valence-corrected chi connectivity index (χ0v) is 19.5. The van der Waals surface area contributed by atoms with Gasteiger partial charge in [-0.2, -0.15) is 14.8 Å². The van der Waals surface area contributed by atoms with Crippen LogP contribution in [0.3, 0.4) is 0 Å². The Bertz CT molecular complexity index is 434. The van der Waals surface area contributed by atoms with Gasteiger partial charge in [0.25, 0.3) is 0 Å². The van der Waals surface area contributed by atoms with E-state index in [-0.39, 0.29) is 29.6 Å². The zero-order valence-electron chi connectivity index (χ0n) is 16.7. The Hall–Kier alpha value is -0.270. The van der Waals surface area contributed by atoms with Crippen molar-refractivity contribution in [3.05, 3.63) is 6.92 Å². The van der Waals surface area contributed by atoms with Crippen molar-refractivity contribution in [2.24, 2.45) is 0 Å². The molecule has 0 rings (SSSR count). The molecular weight excluding hydrogens is 407 g/mol. The van der Waals surface area contributed by atoms with Gasteiger partial charge in [-0.05, 0) is 0 Å². The number of aliphatic carboxylic acids is 2. The van der Waals surface area contributed by atoms with Gasteiger partial charge in [-0.15, -0.1) is 0 Å². The van der Waals surface area contributed by atoms with E-state index in [2.05, 4.69) is 13.8 Å². The molecule has 0 fully saturated rings. The first kappa shape index (κ1) is 35.2. The summed E-state index contributed by atoms with van der Waals surface area (Å²) in [7, 11) is -4.67. The van der Waals surface area contributed by atoms with E-state index in [9.17, 15) is 9.59 Å². The quantitative estimate of drug-likeness (QED) is 0.0947. The average molecular weight is 440 g/mol. The predicted octanol–water partition coefficient (Wildman–Crippen LogP) is -1.03. The third kappa shape index (κ3) is 36.6. The van der Waals surface area contributed by atoms with E-state index in [4.69, 9.17) is 37.9 Å². The van der Waals surface area contributed by atoms with Crippen LogP contribution in [0, 0.1) is 6.92 Å². The van der Waals surface area contributed by atoms with Gasteiger partial charge in [-0.3, -0.25) is 9.11 Å². The maximum absolute atomic E-state index is 9.77. The molecule has 0 aromatic rings. The van der Waals surface area contributed by atoms with Gasteiger partial charge in [0.2, 0.25) is 0 Å². The molecule has 2 unspecified atom stereocenters. The van der Waals surface area contributed by atoms with Crippen LogP contribution in [0.1, 0.15) is 71.1 Å². The largest absolute Gasteiger partial charge is 1.00 e. The number of carboxylic acids is 2. The van der Waals surface area contributed by atoms with Gasteiger partial charge in [0, 0.05) is 0 Å². The summed E-state index contributed by atoms with van der Waals surface area (Å²) in [6.45, 7) is 6.12. The minimum absolute atomic E-state index is 0. The summed E-state index contributed by atoms with van der Waals surface area (Å²) >= 11 is 0. The van der Waals surface area contributed by atoms with Gasteiger partial charge in [0.15, 0.2) is 12.2 Å². The SMILES string of the molecule is O=C(O)C(O)C(O)C(=O)O.O=S(=O)(O)O.[CH2-]CCCCCCCCCCC.[Na+]. The third-order valence-electron chi connectivity index (χ3n) is 3.16. The fraction of sp³-hybridized carbons (Fsp3) is 0.812. The van der Waals surface area contributed by atoms with Gasteiger partial charge in [0.1, 0.15) is 0 Å². The summed E-state index contributed by atoms with van der Waals surface area (Å²) in [5, 5.41) is 32.5. The summed E-state index contributed by atoms with van der Waals surface area (Å²) in [5.74, 6) is -3.54. The van der Waals surface area contributed by atoms with E-state index in [1.807, 2.05) is 0 Å². The second kappa shape index (κ2) is 23.0. The molecule has 28 heavy (non-hydrogen) atoms. The molecule has 10 nitrogen and oxygen atoms in total. The van der Waals surface area contributed by atoms with Crippen molar-refractivity contribution in [3.8, 4) is 0 Å². The standard InChI is InChI=1S/C12H25.C4H6O6.Na.H2O4S/c1-3-5-7-9-11-12-10-8-6-4-2;5-1(3(7)8)2(6)4(9)10;;1-5(2,3)4/h1,3-12H2,2H3;1-2,5-6H,(H,7,8)(H,9,10);;(H2,1,2,3,4)/q-1;;+1;. The molecule has 0 aromatic heterocycles.